The summed E-state index contributed by atoms with van der Waals surface area (Å²) in [5.74, 6) is 3.95. The van der Waals surface area contributed by atoms with Gasteiger partial charge in [-0.2, -0.15) is 0 Å². The Morgan fingerprint density at radius 1 is 1.29 bits per heavy atom. The fraction of sp³-hybridized carbons (Fsp3) is 0.588. The summed E-state index contributed by atoms with van der Waals surface area (Å²) in [7, 11) is 0. The molecule has 2 fully saturated rings. The van der Waals surface area contributed by atoms with Gasteiger partial charge in [0.25, 0.3) is 0 Å². The number of rotatable bonds is 4. The Kier molecular flexibility index (Phi) is 3.41. The first kappa shape index (κ1) is 13.6. The highest BCUT2D eigenvalue weighted by Crippen LogP contribution is 2.49. The second kappa shape index (κ2) is 5.28. The van der Waals surface area contributed by atoms with Crippen LogP contribution in [0.1, 0.15) is 31.5 Å². The standard InChI is InChI=1S/C17H20ClFN2/c18-6-5-17-20-15-9-14(19)3-4-16(15)21(17)10-13-8-11-1-2-12(13)7-11/h3-4,9,11-13H,1-2,5-8,10H2. The van der Waals surface area contributed by atoms with Crippen molar-refractivity contribution < 1.29 is 4.39 Å². The highest BCUT2D eigenvalue weighted by molar-refractivity contribution is 6.17. The number of fused-ring (bicyclic) bond motifs is 3. The van der Waals surface area contributed by atoms with Crippen molar-refractivity contribution in [3.05, 3.63) is 29.8 Å². The van der Waals surface area contributed by atoms with E-state index in [2.05, 4.69) is 9.55 Å². The van der Waals surface area contributed by atoms with Gasteiger partial charge in [0.1, 0.15) is 11.6 Å². The third-order valence-corrected chi connectivity index (χ3v) is 5.60. The van der Waals surface area contributed by atoms with Crippen LogP contribution in [-0.4, -0.2) is 15.4 Å². The van der Waals surface area contributed by atoms with Crippen LogP contribution in [0.4, 0.5) is 4.39 Å². The number of halogens is 2. The van der Waals surface area contributed by atoms with Crippen LogP contribution in [0.15, 0.2) is 18.2 Å². The average molecular weight is 307 g/mol. The van der Waals surface area contributed by atoms with E-state index in [4.69, 9.17) is 11.6 Å². The summed E-state index contributed by atoms with van der Waals surface area (Å²) >= 11 is 5.92. The molecule has 3 unspecified atom stereocenters. The first-order valence-electron chi connectivity index (χ1n) is 7.95. The molecule has 2 aliphatic carbocycles. The maximum atomic E-state index is 13.4. The van der Waals surface area contributed by atoms with E-state index in [0.29, 0.717) is 5.88 Å². The summed E-state index contributed by atoms with van der Waals surface area (Å²) in [6.45, 7) is 1.02. The number of aryl methyl sites for hydroxylation is 1. The lowest BCUT2D eigenvalue weighted by molar-refractivity contribution is 0.296. The monoisotopic (exact) mass is 306 g/mol. The lowest BCUT2D eigenvalue weighted by Crippen LogP contribution is -2.19. The molecular weight excluding hydrogens is 287 g/mol. The molecule has 4 heteroatoms. The predicted octanol–water partition coefficient (Wildman–Crippen LogP) is 4.39. The van der Waals surface area contributed by atoms with Crippen LogP contribution in [0.2, 0.25) is 0 Å². The Morgan fingerprint density at radius 2 is 2.19 bits per heavy atom. The molecule has 2 saturated carbocycles. The first-order valence-corrected chi connectivity index (χ1v) is 8.48. The molecule has 0 N–H and O–H groups in total. The maximum absolute atomic E-state index is 13.4. The van der Waals surface area contributed by atoms with E-state index in [1.165, 1.54) is 37.8 Å². The number of benzene rings is 1. The zero-order valence-corrected chi connectivity index (χ0v) is 12.8. The highest BCUT2D eigenvalue weighted by atomic mass is 35.5. The second-order valence-corrected chi connectivity index (χ2v) is 7.02. The van der Waals surface area contributed by atoms with Crippen molar-refractivity contribution in [1.29, 1.82) is 0 Å². The van der Waals surface area contributed by atoms with Gasteiger partial charge >= 0.3 is 0 Å². The number of alkyl halides is 1. The van der Waals surface area contributed by atoms with Crippen LogP contribution in [0, 0.1) is 23.6 Å². The smallest absolute Gasteiger partial charge is 0.125 e. The second-order valence-electron chi connectivity index (χ2n) is 6.65. The normalized spacial score (nSPS) is 27.8. The van der Waals surface area contributed by atoms with Gasteiger partial charge in [-0.05, 0) is 49.1 Å². The summed E-state index contributed by atoms with van der Waals surface area (Å²) < 4.78 is 15.7. The molecule has 2 bridgehead atoms. The Hall–Kier alpha value is -1.09. The fourth-order valence-corrected chi connectivity index (χ4v) is 4.64. The van der Waals surface area contributed by atoms with Crippen LogP contribution in [0.5, 0.6) is 0 Å². The number of imidazole rings is 1. The molecule has 0 radical (unpaired) electrons. The van der Waals surface area contributed by atoms with E-state index in [-0.39, 0.29) is 5.82 Å². The largest absolute Gasteiger partial charge is 0.328 e. The molecule has 4 rings (SSSR count). The van der Waals surface area contributed by atoms with Crippen LogP contribution in [0.25, 0.3) is 11.0 Å². The minimum absolute atomic E-state index is 0.218. The van der Waals surface area contributed by atoms with E-state index in [1.54, 1.807) is 0 Å². The molecule has 0 saturated heterocycles. The van der Waals surface area contributed by atoms with E-state index in [0.717, 1.165) is 47.6 Å². The van der Waals surface area contributed by atoms with Gasteiger partial charge in [0.15, 0.2) is 0 Å². The SMILES string of the molecule is Fc1ccc2c(c1)nc(CCCl)n2CC1CC2CCC1C2. The van der Waals surface area contributed by atoms with Crippen molar-refractivity contribution in [2.75, 3.05) is 5.88 Å². The van der Waals surface area contributed by atoms with E-state index in [1.807, 2.05) is 6.07 Å². The minimum atomic E-state index is -0.218. The Morgan fingerprint density at radius 3 is 2.90 bits per heavy atom. The van der Waals surface area contributed by atoms with E-state index >= 15 is 0 Å². The fourth-order valence-electron chi connectivity index (χ4n) is 4.47. The molecule has 2 nitrogen and oxygen atoms in total. The third-order valence-electron chi connectivity index (χ3n) is 5.41. The van der Waals surface area contributed by atoms with Crippen LogP contribution < -0.4 is 0 Å². The van der Waals surface area contributed by atoms with E-state index in [9.17, 15) is 4.39 Å². The lowest BCUT2D eigenvalue weighted by Gasteiger charge is -2.23. The number of hydrogen-bond donors (Lipinski definition) is 0. The molecule has 1 aromatic carbocycles. The molecular formula is C17H20ClFN2. The predicted molar refractivity (Wildman–Crippen MR) is 83.1 cm³/mol. The van der Waals surface area contributed by atoms with Crippen LogP contribution in [-0.2, 0) is 13.0 Å². The van der Waals surface area contributed by atoms with Crippen molar-refractivity contribution >= 4 is 22.6 Å². The van der Waals surface area contributed by atoms with Gasteiger partial charge in [0.2, 0.25) is 0 Å². The van der Waals surface area contributed by atoms with Crippen molar-refractivity contribution in [3.63, 3.8) is 0 Å². The molecule has 1 aromatic heterocycles. The van der Waals surface area contributed by atoms with Crippen molar-refractivity contribution in [1.82, 2.24) is 9.55 Å². The number of nitrogens with zero attached hydrogens (tertiary/aromatic N) is 2. The molecule has 3 atom stereocenters. The first-order chi connectivity index (χ1) is 10.2. The van der Waals surface area contributed by atoms with Gasteiger partial charge in [0, 0.05) is 24.9 Å². The average Bonchev–Trinajstić information content (AvgIpc) is 3.14. The summed E-state index contributed by atoms with van der Waals surface area (Å²) in [6, 6.07) is 4.93. The van der Waals surface area contributed by atoms with Gasteiger partial charge < -0.3 is 4.57 Å². The summed E-state index contributed by atoms with van der Waals surface area (Å²) in [6.07, 6.45) is 6.33. The molecule has 2 aliphatic rings. The van der Waals surface area contributed by atoms with Crippen molar-refractivity contribution in [2.45, 2.75) is 38.6 Å². The van der Waals surface area contributed by atoms with Crippen molar-refractivity contribution in [2.24, 2.45) is 17.8 Å². The molecule has 21 heavy (non-hydrogen) atoms. The number of hydrogen-bond acceptors (Lipinski definition) is 1. The molecule has 0 aliphatic heterocycles. The lowest BCUT2D eigenvalue weighted by atomic mass is 9.88. The minimum Gasteiger partial charge on any atom is -0.328 e. The zero-order chi connectivity index (χ0) is 14.4. The van der Waals surface area contributed by atoms with E-state index < -0.39 is 0 Å². The molecule has 0 spiro atoms. The molecule has 1 heterocycles. The Labute approximate surface area is 129 Å². The van der Waals surface area contributed by atoms with Gasteiger partial charge in [-0.15, -0.1) is 11.6 Å². The number of aromatic nitrogens is 2. The van der Waals surface area contributed by atoms with Gasteiger partial charge in [-0.25, -0.2) is 9.37 Å². The van der Waals surface area contributed by atoms with Crippen LogP contribution in [0.3, 0.4) is 0 Å². The Bertz CT molecular complexity index is 666. The summed E-state index contributed by atoms with van der Waals surface area (Å²) in [4.78, 5) is 4.61. The topological polar surface area (TPSA) is 17.8 Å². The third kappa shape index (κ3) is 2.36. The van der Waals surface area contributed by atoms with Gasteiger partial charge in [0.05, 0.1) is 11.0 Å². The maximum Gasteiger partial charge on any atom is 0.125 e. The Balaban J connectivity index is 1.70. The van der Waals surface area contributed by atoms with Crippen molar-refractivity contribution in [3.8, 4) is 0 Å². The van der Waals surface area contributed by atoms with Gasteiger partial charge in [-0.1, -0.05) is 6.42 Å². The zero-order valence-electron chi connectivity index (χ0n) is 12.1. The van der Waals surface area contributed by atoms with Crippen LogP contribution >= 0.6 is 11.6 Å². The highest BCUT2D eigenvalue weighted by Gasteiger charge is 2.39. The summed E-state index contributed by atoms with van der Waals surface area (Å²) in [5.41, 5.74) is 1.82. The molecule has 2 aromatic rings. The molecule has 0 amide bonds. The van der Waals surface area contributed by atoms with Gasteiger partial charge in [-0.3, -0.25) is 0 Å². The quantitative estimate of drug-likeness (QED) is 0.766. The molecule has 112 valence electrons. The summed E-state index contributed by atoms with van der Waals surface area (Å²) in [5, 5.41) is 0.